The lowest BCUT2D eigenvalue weighted by atomic mass is 10.1. The predicted molar refractivity (Wildman–Crippen MR) is 49.7 cm³/mol. The van der Waals surface area contributed by atoms with Crippen LogP contribution >= 0.6 is 0 Å². The van der Waals surface area contributed by atoms with Crippen LogP contribution in [0.15, 0.2) is 30.3 Å². The predicted octanol–water partition coefficient (Wildman–Crippen LogP) is 1.79. The highest BCUT2D eigenvalue weighted by Crippen LogP contribution is 2.21. The quantitative estimate of drug-likeness (QED) is 0.616. The van der Waals surface area contributed by atoms with Gasteiger partial charge in [0, 0.05) is 5.56 Å². The van der Waals surface area contributed by atoms with Crippen LogP contribution in [-0.4, -0.2) is 18.2 Å². The number of hydrogen-bond acceptors (Lipinski definition) is 2. The Morgan fingerprint density at radius 2 is 2.08 bits per heavy atom. The van der Waals surface area contributed by atoms with Crippen molar-refractivity contribution in [1.29, 1.82) is 0 Å². The standard InChI is InChI=1S/C9H8O.CH2O2/c1-2-6-9-8(4-1)5-3-7-10-9;2-1-3/h1-6H,7H2;1H,(H,2,3). The van der Waals surface area contributed by atoms with Crippen LogP contribution in [0.2, 0.25) is 0 Å². The van der Waals surface area contributed by atoms with Crippen molar-refractivity contribution >= 4 is 12.5 Å². The molecule has 0 saturated carbocycles. The Labute approximate surface area is 76.3 Å². The van der Waals surface area contributed by atoms with Crippen molar-refractivity contribution in [2.75, 3.05) is 6.61 Å². The SMILES string of the molecule is C1=Cc2ccccc2OC1.O=CO. The van der Waals surface area contributed by atoms with Gasteiger partial charge in [-0.2, -0.15) is 0 Å². The third kappa shape index (κ3) is 2.63. The van der Waals surface area contributed by atoms with Crippen LogP contribution in [0, 0.1) is 0 Å². The molecular weight excluding hydrogens is 168 g/mol. The van der Waals surface area contributed by atoms with E-state index in [0.29, 0.717) is 6.61 Å². The molecule has 1 aliphatic rings. The van der Waals surface area contributed by atoms with Crippen molar-refractivity contribution in [2.24, 2.45) is 0 Å². The average molecular weight is 178 g/mol. The molecule has 0 atom stereocenters. The summed E-state index contributed by atoms with van der Waals surface area (Å²) in [4.78, 5) is 8.36. The maximum Gasteiger partial charge on any atom is 0.290 e. The van der Waals surface area contributed by atoms with Gasteiger partial charge in [-0.05, 0) is 12.1 Å². The lowest BCUT2D eigenvalue weighted by Crippen LogP contribution is -1.98. The maximum absolute atomic E-state index is 8.36. The van der Waals surface area contributed by atoms with E-state index in [4.69, 9.17) is 14.6 Å². The molecular formula is C10H10O3. The second-order valence-electron chi connectivity index (χ2n) is 2.36. The first kappa shape index (κ1) is 9.32. The molecule has 13 heavy (non-hydrogen) atoms. The summed E-state index contributed by atoms with van der Waals surface area (Å²) in [6, 6.07) is 8.03. The smallest absolute Gasteiger partial charge is 0.290 e. The van der Waals surface area contributed by atoms with Gasteiger partial charge >= 0.3 is 0 Å². The third-order valence-electron chi connectivity index (χ3n) is 1.55. The second kappa shape index (κ2) is 4.98. The highest BCUT2D eigenvalue weighted by Gasteiger charge is 2.01. The Kier molecular flexibility index (Phi) is 3.57. The van der Waals surface area contributed by atoms with Crippen LogP contribution in [0.3, 0.4) is 0 Å². The number of carboxylic acid groups (broad SMARTS) is 1. The van der Waals surface area contributed by atoms with Crippen molar-refractivity contribution in [3.63, 3.8) is 0 Å². The molecule has 1 heterocycles. The zero-order valence-corrected chi connectivity index (χ0v) is 7.01. The van der Waals surface area contributed by atoms with Crippen molar-refractivity contribution in [3.8, 4) is 5.75 Å². The Bertz CT molecular complexity index is 305. The first-order valence-electron chi connectivity index (χ1n) is 3.84. The number of carbonyl (C=O) groups is 1. The topological polar surface area (TPSA) is 46.5 Å². The molecule has 0 amide bonds. The second-order valence-corrected chi connectivity index (χ2v) is 2.36. The summed E-state index contributed by atoms with van der Waals surface area (Å²) in [5, 5.41) is 6.89. The largest absolute Gasteiger partial charge is 0.489 e. The van der Waals surface area contributed by atoms with Crippen LogP contribution in [0.4, 0.5) is 0 Å². The Morgan fingerprint density at radius 3 is 2.77 bits per heavy atom. The molecule has 1 N–H and O–H groups in total. The van der Waals surface area contributed by atoms with Gasteiger partial charge in [-0.1, -0.05) is 24.3 Å². The molecule has 1 aromatic rings. The van der Waals surface area contributed by atoms with Gasteiger partial charge in [-0.15, -0.1) is 0 Å². The fraction of sp³-hybridized carbons (Fsp3) is 0.100. The number of fused-ring (bicyclic) bond motifs is 1. The molecule has 0 aromatic heterocycles. The van der Waals surface area contributed by atoms with Crippen LogP contribution < -0.4 is 4.74 Å². The highest BCUT2D eigenvalue weighted by atomic mass is 16.5. The van der Waals surface area contributed by atoms with Gasteiger partial charge in [-0.3, -0.25) is 4.79 Å². The lowest BCUT2D eigenvalue weighted by molar-refractivity contribution is -0.122. The Balaban J connectivity index is 0.000000251. The zero-order chi connectivity index (χ0) is 9.52. The molecule has 0 spiro atoms. The first-order valence-corrected chi connectivity index (χ1v) is 3.84. The molecule has 3 heteroatoms. The zero-order valence-electron chi connectivity index (χ0n) is 7.01. The summed E-state index contributed by atoms with van der Waals surface area (Å²) in [5.41, 5.74) is 1.17. The molecule has 0 aliphatic carbocycles. The average Bonchev–Trinajstić information content (AvgIpc) is 2.19. The third-order valence-corrected chi connectivity index (χ3v) is 1.55. The van der Waals surface area contributed by atoms with Crippen molar-refractivity contribution < 1.29 is 14.6 Å². The normalized spacial score (nSPS) is 11.7. The van der Waals surface area contributed by atoms with E-state index >= 15 is 0 Å². The van der Waals surface area contributed by atoms with Gasteiger partial charge in [0.2, 0.25) is 0 Å². The highest BCUT2D eigenvalue weighted by molar-refractivity contribution is 5.58. The Hall–Kier alpha value is -1.77. The summed E-state index contributed by atoms with van der Waals surface area (Å²) in [7, 11) is 0. The monoisotopic (exact) mass is 178 g/mol. The van der Waals surface area contributed by atoms with E-state index in [1.54, 1.807) is 0 Å². The maximum atomic E-state index is 8.36. The van der Waals surface area contributed by atoms with E-state index in [1.165, 1.54) is 5.56 Å². The first-order chi connectivity index (χ1) is 6.38. The number of ether oxygens (including phenoxy) is 1. The minimum absolute atomic E-state index is 0.250. The van der Waals surface area contributed by atoms with E-state index in [2.05, 4.69) is 6.08 Å². The summed E-state index contributed by atoms with van der Waals surface area (Å²) in [6.07, 6.45) is 4.10. The lowest BCUT2D eigenvalue weighted by Gasteiger charge is -2.10. The summed E-state index contributed by atoms with van der Waals surface area (Å²) < 4.78 is 5.34. The van der Waals surface area contributed by atoms with Crippen molar-refractivity contribution in [1.82, 2.24) is 0 Å². The van der Waals surface area contributed by atoms with Gasteiger partial charge in [-0.25, -0.2) is 0 Å². The molecule has 0 unspecified atom stereocenters. The molecule has 68 valence electrons. The van der Waals surface area contributed by atoms with Crippen molar-refractivity contribution in [3.05, 3.63) is 35.9 Å². The minimum Gasteiger partial charge on any atom is -0.489 e. The number of hydrogen-bond donors (Lipinski definition) is 1. The fourth-order valence-corrected chi connectivity index (χ4v) is 1.06. The van der Waals surface area contributed by atoms with Gasteiger partial charge < -0.3 is 9.84 Å². The molecule has 2 rings (SSSR count). The summed E-state index contributed by atoms with van der Waals surface area (Å²) >= 11 is 0. The number of benzene rings is 1. The van der Waals surface area contributed by atoms with Gasteiger partial charge in [0.25, 0.3) is 6.47 Å². The van der Waals surface area contributed by atoms with Crippen molar-refractivity contribution in [2.45, 2.75) is 0 Å². The van der Waals surface area contributed by atoms with Crippen LogP contribution in [0.5, 0.6) is 5.75 Å². The van der Waals surface area contributed by atoms with Crippen LogP contribution in [-0.2, 0) is 4.79 Å². The molecule has 1 aromatic carbocycles. The van der Waals surface area contributed by atoms with Gasteiger partial charge in [0.1, 0.15) is 12.4 Å². The molecule has 0 bridgehead atoms. The molecule has 0 fully saturated rings. The van der Waals surface area contributed by atoms with E-state index in [0.717, 1.165) is 5.75 Å². The minimum atomic E-state index is -0.250. The fourth-order valence-electron chi connectivity index (χ4n) is 1.06. The van der Waals surface area contributed by atoms with Crippen LogP contribution in [0.1, 0.15) is 5.56 Å². The Morgan fingerprint density at radius 1 is 1.38 bits per heavy atom. The van der Waals surface area contributed by atoms with E-state index < -0.39 is 0 Å². The molecule has 3 nitrogen and oxygen atoms in total. The van der Waals surface area contributed by atoms with Crippen LogP contribution in [0.25, 0.3) is 6.08 Å². The van der Waals surface area contributed by atoms with E-state index in [9.17, 15) is 0 Å². The summed E-state index contributed by atoms with van der Waals surface area (Å²) in [6.45, 7) is 0.455. The number of rotatable bonds is 0. The van der Waals surface area contributed by atoms with Gasteiger partial charge in [0.05, 0.1) is 0 Å². The van der Waals surface area contributed by atoms with Gasteiger partial charge in [0.15, 0.2) is 0 Å². The molecule has 1 aliphatic heterocycles. The summed E-state index contributed by atoms with van der Waals surface area (Å²) in [5.74, 6) is 0.991. The molecule has 0 radical (unpaired) electrons. The number of para-hydroxylation sites is 1. The molecule has 0 saturated heterocycles. The van der Waals surface area contributed by atoms with E-state index in [-0.39, 0.29) is 6.47 Å². The van der Waals surface area contributed by atoms with E-state index in [1.807, 2.05) is 30.3 Å².